The number of unbranched alkanes of at least 4 members (excludes halogenated alkanes) is 3. The van der Waals surface area contributed by atoms with Gasteiger partial charge in [-0.3, -0.25) is 4.79 Å². The fourth-order valence-corrected chi connectivity index (χ4v) is 2.82. The summed E-state index contributed by atoms with van der Waals surface area (Å²) in [5.74, 6) is -0.363. The standard InChI is InChI=1S/C17H31NO4/c1-6-7-8-9-10-16(4,21)14(19)13-11-17(22-5,12(2)3)18-15(13)20/h11-12,14,19,21H,6-10H2,1-5H3,(H,18,20)/t14-,16-,17-/m0/s1. The van der Waals surface area contributed by atoms with Gasteiger partial charge in [0.05, 0.1) is 5.60 Å². The number of nitrogens with one attached hydrogen (secondary N) is 1. The fourth-order valence-electron chi connectivity index (χ4n) is 2.82. The van der Waals surface area contributed by atoms with E-state index in [1.807, 2.05) is 13.8 Å². The summed E-state index contributed by atoms with van der Waals surface area (Å²) in [6, 6.07) is 0. The Labute approximate surface area is 133 Å². The molecule has 0 saturated carbocycles. The van der Waals surface area contributed by atoms with Crippen molar-refractivity contribution in [3.05, 3.63) is 11.6 Å². The van der Waals surface area contributed by atoms with E-state index in [0.717, 1.165) is 25.7 Å². The highest BCUT2D eigenvalue weighted by molar-refractivity contribution is 5.98. The van der Waals surface area contributed by atoms with Crippen molar-refractivity contribution >= 4 is 5.91 Å². The first kappa shape index (κ1) is 19.1. The average Bonchev–Trinajstić information content (AvgIpc) is 2.81. The Morgan fingerprint density at radius 2 is 2.00 bits per heavy atom. The Bertz CT molecular complexity index is 417. The van der Waals surface area contributed by atoms with Gasteiger partial charge >= 0.3 is 0 Å². The third kappa shape index (κ3) is 4.09. The molecule has 0 unspecified atom stereocenters. The second-order valence-corrected chi connectivity index (χ2v) is 6.78. The molecule has 0 radical (unpaired) electrons. The molecule has 3 atom stereocenters. The number of carbonyl (C=O) groups is 1. The Morgan fingerprint density at radius 3 is 2.45 bits per heavy atom. The number of amides is 1. The Morgan fingerprint density at radius 1 is 1.36 bits per heavy atom. The molecule has 0 aliphatic carbocycles. The van der Waals surface area contributed by atoms with Gasteiger partial charge in [0, 0.05) is 18.6 Å². The largest absolute Gasteiger partial charge is 0.387 e. The van der Waals surface area contributed by atoms with Crippen LogP contribution in [0.1, 0.15) is 59.8 Å². The Hall–Kier alpha value is -0.910. The molecule has 1 rings (SSSR count). The molecule has 22 heavy (non-hydrogen) atoms. The molecule has 1 heterocycles. The molecule has 3 N–H and O–H groups in total. The van der Waals surface area contributed by atoms with E-state index in [4.69, 9.17) is 4.74 Å². The van der Waals surface area contributed by atoms with Crippen molar-refractivity contribution in [1.82, 2.24) is 5.32 Å². The summed E-state index contributed by atoms with van der Waals surface area (Å²) in [4.78, 5) is 12.2. The van der Waals surface area contributed by atoms with Gasteiger partial charge in [0.1, 0.15) is 6.10 Å². The zero-order valence-corrected chi connectivity index (χ0v) is 14.5. The first-order valence-electron chi connectivity index (χ1n) is 8.21. The molecular weight excluding hydrogens is 282 g/mol. The van der Waals surface area contributed by atoms with Crippen LogP contribution in [0.2, 0.25) is 0 Å². The summed E-state index contributed by atoms with van der Waals surface area (Å²) < 4.78 is 5.44. The first-order valence-corrected chi connectivity index (χ1v) is 8.21. The lowest BCUT2D eigenvalue weighted by molar-refractivity contribution is -0.126. The zero-order chi connectivity index (χ0) is 17.0. The van der Waals surface area contributed by atoms with E-state index >= 15 is 0 Å². The number of carbonyl (C=O) groups excluding carboxylic acids is 1. The highest BCUT2D eigenvalue weighted by Gasteiger charge is 2.45. The molecule has 0 aromatic heterocycles. The number of methoxy groups -OCH3 is 1. The number of aliphatic hydroxyl groups excluding tert-OH is 1. The summed E-state index contributed by atoms with van der Waals surface area (Å²) in [5, 5.41) is 23.8. The first-order chi connectivity index (χ1) is 10.2. The predicted molar refractivity (Wildman–Crippen MR) is 86.2 cm³/mol. The van der Waals surface area contributed by atoms with E-state index in [0.29, 0.717) is 6.42 Å². The van der Waals surface area contributed by atoms with Crippen LogP contribution < -0.4 is 5.32 Å². The smallest absolute Gasteiger partial charge is 0.252 e. The summed E-state index contributed by atoms with van der Waals surface area (Å²) in [7, 11) is 1.52. The molecule has 0 aromatic rings. The Balaban J connectivity index is 2.84. The van der Waals surface area contributed by atoms with Gasteiger partial charge in [-0.15, -0.1) is 0 Å². The molecule has 128 valence electrons. The van der Waals surface area contributed by atoms with E-state index in [2.05, 4.69) is 12.2 Å². The van der Waals surface area contributed by atoms with Gasteiger partial charge in [-0.25, -0.2) is 0 Å². The number of aliphatic hydroxyl groups is 2. The second kappa shape index (κ2) is 7.57. The van der Waals surface area contributed by atoms with Gasteiger partial charge in [-0.1, -0.05) is 46.5 Å². The lowest BCUT2D eigenvalue weighted by Gasteiger charge is -2.30. The molecule has 0 saturated heterocycles. The molecule has 0 fully saturated rings. The minimum atomic E-state index is -1.32. The lowest BCUT2D eigenvalue weighted by Crippen LogP contribution is -2.48. The molecule has 0 bridgehead atoms. The minimum absolute atomic E-state index is 0.0145. The third-order valence-electron chi connectivity index (χ3n) is 4.56. The maximum Gasteiger partial charge on any atom is 0.252 e. The van der Waals surface area contributed by atoms with Crippen LogP contribution in [0.25, 0.3) is 0 Å². The third-order valence-corrected chi connectivity index (χ3v) is 4.56. The number of rotatable bonds is 9. The van der Waals surface area contributed by atoms with Crippen LogP contribution in [0.5, 0.6) is 0 Å². The number of hydrogen-bond donors (Lipinski definition) is 3. The predicted octanol–water partition coefficient (Wildman–Crippen LogP) is 2.12. The van der Waals surface area contributed by atoms with Crippen LogP contribution in [0, 0.1) is 5.92 Å². The maximum absolute atomic E-state index is 12.2. The Kier molecular flexibility index (Phi) is 6.59. The van der Waals surface area contributed by atoms with Crippen molar-refractivity contribution in [1.29, 1.82) is 0 Å². The van der Waals surface area contributed by atoms with E-state index in [9.17, 15) is 15.0 Å². The van der Waals surface area contributed by atoms with Crippen LogP contribution in [-0.4, -0.2) is 40.7 Å². The monoisotopic (exact) mass is 313 g/mol. The highest BCUT2D eigenvalue weighted by atomic mass is 16.5. The number of ether oxygens (including phenoxy) is 1. The van der Waals surface area contributed by atoms with Crippen molar-refractivity contribution < 1.29 is 19.7 Å². The van der Waals surface area contributed by atoms with Crippen LogP contribution in [0.4, 0.5) is 0 Å². The van der Waals surface area contributed by atoms with Crippen LogP contribution >= 0.6 is 0 Å². The summed E-state index contributed by atoms with van der Waals surface area (Å²) in [6.07, 6.45) is 4.92. The lowest BCUT2D eigenvalue weighted by atomic mass is 9.87. The topological polar surface area (TPSA) is 78.8 Å². The normalized spacial score (nSPS) is 25.8. The van der Waals surface area contributed by atoms with Crippen LogP contribution in [-0.2, 0) is 9.53 Å². The van der Waals surface area contributed by atoms with Crippen LogP contribution in [0.15, 0.2) is 11.6 Å². The van der Waals surface area contributed by atoms with Gasteiger partial charge in [-0.2, -0.15) is 0 Å². The molecule has 5 heteroatoms. The van der Waals surface area contributed by atoms with Crippen molar-refractivity contribution in [2.45, 2.75) is 77.2 Å². The summed E-state index contributed by atoms with van der Waals surface area (Å²) in [5.41, 5.74) is -2.04. The van der Waals surface area contributed by atoms with Crippen LogP contribution in [0.3, 0.4) is 0 Å². The molecule has 0 aromatic carbocycles. The molecule has 0 spiro atoms. The van der Waals surface area contributed by atoms with Gasteiger partial charge in [0.25, 0.3) is 5.91 Å². The van der Waals surface area contributed by atoms with Crippen molar-refractivity contribution in [3.63, 3.8) is 0 Å². The molecule has 1 amide bonds. The minimum Gasteiger partial charge on any atom is -0.387 e. The molecule has 5 nitrogen and oxygen atoms in total. The quantitative estimate of drug-likeness (QED) is 0.570. The average molecular weight is 313 g/mol. The molecule has 1 aliphatic rings. The van der Waals surface area contributed by atoms with Gasteiger partial charge < -0.3 is 20.3 Å². The van der Waals surface area contributed by atoms with Crippen molar-refractivity contribution in [2.24, 2.45) is 5.92 Å². The molecule has 1 aliphatic heterocycles. The van der Waals surface area contributed by atoms with Gasteiger partial charge in [0.15, 0.2) is 5.72 Å². The zero-order valence-electron chi connectivity index (χ0n) is 14.5. The van der Waals surface area contributed by atoms with E-state index in [1.54, 1.807) is 13.0 Å². The van der Waals surface area contributed by atoms with E-state index in [1.165, 1.54) is 7.11 Å². The highest BCUT2D eigenvalue weighted by Crippen LogP contribution is 2.32. The fraction of sp³-hybridized carbons (Fsp3) is 0.824. The number of hydrogen-bond acceptors (Lipinski definition) is 4. The maximum atomic E-state index is 12.2. The summed E-state index contributed by atoms with van der Waals surface area (Å²) in [6.45, 7) is 7.56. The second-order valence-electron chi connectivity index (χ2n) is 6.78. The van der Waals surface area contributed by atoms with Gasteiger partial charge in [0.2, 0.25) is 0 Å². The van der Waals surface area contributed by atoms with Crippen molar-refractivity contribution in [2.75, 3.05) is 7.11 Å². The SMILES string of the molecule is CCCCCC[C@](C)(O)[C@@H](O)C1=C[C@](OC)(C(C)C)NC1=O. The van der Waals surface area contributed by atoms with Crippen molar-refractivity contribution in [3.8, 4) is 0 Å². The van der Waals surface area contributed by atoms with E-state index in [-0.39, 0.29) is 17.4 Å². The summed E-state index contributed by atoms with van der Waals surface area (Å²) >= 11 is 0. The van der Waals surface area contributed by atoms with Gasteiger partial charge in [-0.05, 0) is 19.4 Å². The van der Waals surface area contributed by atoms with E-state index < -0.39 is 17.4 Å². The molecular formula is C17H31NO4.